The molecule has 1 aliphatic rings. The minimum Gasteiger partial charge on any atom is -0.322 e. The van der Waals surface area contributed by atoms with Crippen LogP contribution in [0.1, 0.15) is 28.8 Å². The topological polar surface area (TPSA) is 75.3 Å². The standard InChI is InChI=1S/C17H17BrN2O3S/c1-11-10-13(18)4-9-16(11)19-17(21)12-2-7-15(8-3-12)24(22,23)20-14-5-6-14/h2-4,7-10,14,20H,5-6H2,1H3,(H,19,21). The van der Waals surface area contributed by atoms with E-state index in [4.69, 9.17) is 0 Å². The van der Waals surface area contributed by atoms with Crippen molar-refractivity contribution in [2.24, 2.45) is 0 Å². The second-order valence-corrected chi connectivity index (χ2v) is 8.46. The van der Waals surface area contributed by atoms with E-state index in [0.717, 1.165) is 28.6 Å². The Labute approximate surface area is 149 Å². The summed E-state index contributed by atoms with van der Waals surface area (Å²) in [6.45, 7) is 1.90. The molecule has 2 aromatic rings. The Hall–Kier alpha value is -1.70. The molecule has 2 aromatic carbocycles. The number of aryl methyl sites for hydroxylation is 1. The third kappa shape index (κ3) is 4.03. The van der Waals surface area contributed by atoms with Crippen LogP contribution >= 0.6 is 15.9 Å². The number of nitrogens with one attached hydrogen (secondary N) is 2. The van der Waals surface area contributed by atoms with Crippen molar-refractivity contribution in [2.75, 3.05) is 5.32 Å². The first kappa shape index (κ1) is 17.1. The van der Waals surface area contributed by atoms with Crippen molar-refractivity contribution in [3.8, 4) is 0 Å². The van der Waals surface area contributed by atoms with Crippen LogP contribution in [-0.2, 0) is 10.0 Å². The number of carbonyl (C=O) groups is 1. The molecule has 0 atom stereocenters. The molecule has 0 aromatic heterocycles. The molecule has 1 aliphatic carbocycles. The molecule has 0 unspecified atom stereocenters. The zero-order valence-corrected chi connectivity index (χ0v) is 15.4. The minimum absolute atomic E-state index is 0.0540. The van der Waals surface area contributed by atoms with Crippen molar-refractivity contribution in [3.05, 3.63) is 58.1 Å². The molecule has 0 aliphatic heterocycles. The monoisotopic (exact) mass is 408 g/mol. The van der Waals surface area contributed by atoms with Gasteiger partial charge in [0.05, 0.1) is 4.90 Å². The zero-order valence-electron chi connectivity index (χ0n) is 13.0. The van der Waals surface area contributed by atoms with Crippen molar-refractivity contribution in [2.45, 2.75) is 30.7 Å². The van der Waals surface area contributed by atoms with Gasteiger partial charge in [-0.05, 0) is 67.8 Å². The lowest BCUT2D eigenvalue weighted by Gasteiger charge is -2.10. The van der Waals surface area contributed by atoms with Gasteiger partial charge >= 0.3 is 0 Å². The number of amides is 1. The van der Waals surface area contributed by atoms with Gasteiger partial charge in [0, 0.05) is 21.8 Å². The van der Waals surface area contributed by atoms with Crippen LogP contribution in [0.5, 0.6) is 0 Å². The molecule has 7 heteroatoms. The summed E-state index contributed by atoms with van der Waals surface area (Å²) in [6.07, 6.45) is 1.76. The van der Waals surface area contributed by atoms with Crippen LogP contribution in [-0.4, -0.2) is 20.4 Å². The molecule has 1 fully saturated rings. The Balaban J connectivity index is 1.73. The lowest BCUT2D eigenvalue weighted by atomic mass is 10.1. The minimum atomic E-state index is -3.50. The lowest BCUT2D eigenvalue weighted by Crippen LogP contribution is -2.25. The Morgan fingerprint density at radius 1 is 1.12 bits per heavy atom. The van der Waals surface area contributed by atoms with Crippen LogP contribution in [0.25, 0.3) is 0 Å². The Kier molecular flexibility index (Phi) is 4.76. The van der Waals surface area contributed by atoms with Gasteiger partial charge in [-0.3, -0.25) is 4.79 Å². The van der Waals surface area contributed by atoms with E-state index in [1.54, 1.807) is 0 Å². The predicted octanol–water partition coefficient (Wildman–Crippen LogP) is 3.45. The summed E-state index contributed by atoms with van der Waals surface area (Å²) in [7, 11) is -3.50. The van der Waals surface area contributed by atoms with E-state index in [1.165, 1.54) is 24.3 Å². The van der Waals surface area contributed by atoms with Crippen LogP contribution in [0, 0.1) is 6.92 Å². The van der Waals surface area contributed by atoms with Gasteiger partial charge in [0.15, 0.2) is 0 Å². The predicted molar refractivity (Wildman–Crippen MR) is 96.6 cm³/mol. The van der Waals surface area contributed by atoms with Gasteiger partial charge in [-0.1, -0.05) is 15.9 Å². The molecule has 24 heavy (non-hydrogen) atoms. The maximum atomic E-state index is 12.3. The fourth-order valence-electron chi connectivity index (χ4n) is 2.24. The number of halogens is 1. The first-order valence-corrected chi connectivity index (χ1v) is 9.83. The highest BCUT2D eigenvalue weighted by Gasteiger charge is 2.27. The van der Waals surface area contributed by atoms with Crippen molar-refractivity contribution >= 4 is 37.5 Å². The summed E-state index contributed by atoms with van der Waals surface area (Å²) in [5.74, 6) is -0.278. The van der Waals surface area contributed by atoms with E-state index in [1.807, 2.05) is 25.1 Å². The number of sulfonamides is 1. The van der Waals surface area contributed by atoms with Gasteiger partial charge in [-0.25, -0.2) is 13.1 Å². The first-order valence-electron chi connectivity index (χ1n) is 7.55. The molecule has 0 bridgehead atoms. The fourth-order valence-corrected chi connectivity index (χ4v) is 4.02. The number of carbonyl (C=O) groups excluding carboxylic acids is 1. The SMILES string of the molecule is Cc1cc(Br)ccc1NC(=O)c1ccc(S(=O)(=O)NC2CC2)cc1. The van der Waals surface area contributed by atoms with Crippen LogP contribution in [0.3, 0.4) is 0 Å². The van der Waals surface area contributed by atoms with E-state index >= 15 is 0 Å². The van der Waals surface area contributed by atoms with Gasteiger partial charge in [0.25, 0.3) is 5.91 Å². The molecule has 3 rings (SSSR count). The molecule has 2 N–H and O–H groups in total. The highest BCUT2D eigenvalue weighted by molar-refractivity contribution is 9.10. The van der Waals surface area contributed by atoms with Crippen LogP contribution in [0.2, 0.25) is 0 Å². The largest absolute Gasteiger partial charge is 0.322 e. The second-order valence-electron chi connectivity index (χ2n) is 5.83. The van der Waals surface area contributed by atoms with E-state index in [0.29, 0.717) is 5.56 Å². The summed E-state index contributed by atoms with van der Waals surface area (Å²) in [5.41, 5.74) is 2.06. The Morgan fingerprint density at radius 3 is 2.38 bits per heavy atom. The number of rotatable bonds is 5. The van der Waals surface area contributed by atoms with E-state index in [9.17, 15) is 13.2 Å². The highest BCUT2D eigenvalue weighted by atomic mass is 79.9. The normalized spacial score (nSPS) is 14.4. The fraction of sp³-hybridized carbons (Fsp3) is 0.235. The first-order chi connectivity index (χ1) is 11.3. The van der Waals surface area contributed by atoms with Crippen LogP contribution in [0.15, 0.2) is 51.8 Å². The molecule has 0 spiro atoms. The van der Waals surface area contributed by atoms with Gasteiger partial charge < -0.3 is 5.32 Å². The average Bonchev–Trinajstić information content (AvgIpc) is 3.33. The molecule has 0 radical (unpaired) electrons. The number of hydrogen-bond donors (Lipinski definition) is 2. The molecule has 0 saturated heterocycles. The van der Waals surface area contributed by atoms with Gasteiger partial charge in [0.1, 0.15) is 0 Å². The van der Waals surface area contributed by atoms with Crippen molar-refractivity contribution < 1.29 is 13.2 Å². The van der Waals surface area contributed by atoms with E-state index in [-0.39, 0.29) is 16.8 Å². The van der Waals surface area contributed by atoms with Gasteiger partial charge in [-0.15, -0.1) is 0 Å². The molecule has 1 amide bonds. The number of hydrogen-bond acceptors (Lipinski definition) is 3. The Bertz CT molecular complexity index is 875. The molecule has 126 valence electrons. The number of benzene rings is 2. The molecule has 1 saturated carbocycles. The number of anilines is 1. The van der Waals surface area contributed by atoms with E-state index in [2.05, 4.69) is 26.0 Å². The van der Waals surface area contributed by atoms with E-state index < -0.39 is 10.0 Å². The molecular formula is C17H17BrN2O3S. The summed E-state index contributed by atoms with van der Waals surface area (Å²) >= 11 is 3.38. The molecular weight excluding hydrogens is 392 g/mol. The van der Waals surface area contributed by atoms with Crippen LogP contribution in [0.4, 0.5) is 5.69 Å². The maximum Gasteiger partial charge on any atom is 0.255 e. The molecule has 0 heterocycles. The lowest BCUT2D eigenvalue weighted by molar-refractivity contribution is 0.102. The second kappa shape index (κ2) is 6.66. The summed E-state index contributed by atoms with van der Waals surface area (Å²) in [4.78, 5) is 12.5. The van der Waals surface area contributed by atoms with Crippen molar-refractivity contribution in [1.29, 1.82) is 0 Å². The third-order valence-corrected chi connectivity index (χ3v) is 5.79. The summed E-state index contributed by atoms with van der Waals surface area (Å²) < 4.78 is 27.8. The zero-order chi connectivity index (χ0) is 17.3. The van der Waals surface area contributed by atoms with Gasteiger partial charge in [-0.2, -0.15) is 0 Å². The Morgan fingerprint density at radius 2 is 1.79 bits per heavy atom. The summed E-state index contributed by atoms with van der Waals surface area (Å²) in [5, 5.41) is 2.83. The molecule has 5 nitrogen and oxygen atoms in total. The van der Waals surface area contributed by atoms with Crippen molar-refractivity contribution in [3.63, 3.8) is 0 Å². The average molecular weight is 409 g/mol. The van der Waals surface area contributed by atoms with Crippen LogP contribution < -0.4 is 10.0 Å². The van der Waals surface area contributed by atoms with Crippen molar-refractivity contribution in [1.82, 2.24) is 4.72 Å². The maximum absolute atomic E-state index is 12.3. The highest BCUT2D eigenvalue weighted by Crippen LogP contribution is 2.23. The quantitative estimate of drug-likeness (QED) is 0.795. The van der Waals surface area contributed by atoms with Gasteiger partial charge in [0.2, 0.25) is 10.0 Å². The summed E-state index contributed by atoms with van der Waals surface area (Å²) in [6, 6.07) is 11.6. The third-order valence-electron chi connectivity index (χ3n) is 3.76. The smallest absolute Gasteiger partial charge is 0.255 e.